The van der Waals surface area contributed by atoms with Crippen LogP contribution in [0, 0.1) is 5.92 Å². The van der Waals surface area contributed by atoms with Crippen LogP contribution in [0.15, 0.2) is 60.0 Å². The zero-order valence-corrected chi connectivity index (χ0v) is 18.3. The molecule has 1 aromatic heterocycles. The number of thiophene rings is 1. The van der Waals surface area contributed by atoms with Gasteiger partial charge in [0.15, 0.2) is 0 Å². The predicted molar refractivity (Wildman–Crippen MR) is 121 cm³/mol. The molecule has 0 saturated heterocycles. The monoisotopic (exact) mass is 455 g/mol. The van der Waals surface area contributed by atoms with E-state index in [-0.39, 0.29) is 12.8 Å². The lowest BCUT2D eigenvalue weighted by molar-refractivity contribution is -0.146. The van der Waals surface area contributed by atoms with Crippen LogP contribution in [0.1, 0.15) is 11.1 Å². The van der Waals surface area contributed by atoms with E-state index >= 15 is 0 Å². The number of carbonyl (C=O) groups is 3. The van der Waals surface area contributed by atoms with Crippen molar-refractivity contribution in [3.8, 4) is 0 Å². The number of hydroxylamine groups is 1. The molecule has 0 radical (unpaired) electrons. The fraction of sp³-hybridized carbons (Fsp3) is 0.261. The maximum atomic E-state index is 13.2. The van der Waals surface area contributed by atoms with Gasteiger partial charge in [0, 0.05) is 18.2 Å². The van der Waals surface area contributed by atoms with E-state index in [1.807, 2.05) is 60.0 Å². The fourth-order valence-corrected chi connectivity index (χ4v) is 4.51. The number of aliphatic hydroxyl groups is 1. The van der Waals surface area contributed by atoms with Crippen LogP contribution in [0.5, 0.6) is 0 Å². The first-order valence-corrected chi connectivity index (χ1v) is 11.0. The van der Waals surface area contributed by atoms with E-state index < -0.39 is 35.8 Å². The summed E-state index contributed by atoms with van der Waals surface area (Å²) in [7, 11) is 1.47. The van der Waals surface area contributed by atoms with Gasteiger partial charge in [0.1, 0.15) is 12.1 Å². The zero-order chi connectivity index (χ0) is 23.1. The number of rotatable bonds is 9. The molecule has 0 aliphatic carbocycles. The Labute approximate surface area is 189 Å². The van der Waals surface area contributed by atoms with Crippen molar-refractivity contribution in [1.82, 2.24) is 16.1 Å². The third kappa shape index (κ3) is 5.50. The average molecular weight is 456 g/mol. The van der Waals surface area contributed by atoms with Crippen LogP contribution in [0.4, 0.5) is 0 Å². The lowest BCUT2D eigenvalue weighted by atomic mass is 9.91. The molecular formula is C23H25N3O5S. The van der Waals surface area contributed by atoms with E-state index in [9.17, 15) is 19.5 Å². The number of amides is 3. The molecule has 0 aliphatic rings. The summed E-state index contributed by atoms with van der Waals surface area (Å²) >= 11 is 1.49. The van der Waals surface area contributed by atoms with Gasteiger partial charge in [0.2, 0.25) is 11.8 Å². The number of benzene rings is 2. The highest BCUT2D eigenvalue weighted by atomic mass is 32.1. The van der Waals surface area contributed by atoms with Gasteiger partial charge in [-0.2, -0.15) is 0 Å². The molecule has 0 aliphatic heterocycles. The number of carbonyl (C=O) groups excluding carboxylic acids is 3. The molecular weight excluding hydrogens is 430 g/mol. The minimum Gasteiger partial charge on any atom is -0.382 e. The molecule has 0 saturated carbocycles. The largest absolute Gasteiger partial charge is 0.382 e. The second kappa shape index (κ2) is 10.9. The second-order valence-electron chi connectivity index (χ2n) is 7.35. The number of likely N-dealkylation sites (N-methyl/N-ethyl adjacent to an activating group) is 1. The molecule has 168 valence electrons. The molecule has 0 spiro atoms. The summed E-state index contributed by atoms with van der Waals surface area (Å²) in [6.07, 6.45) is -1.51. The molecule has 8 nitrogen and oxygen atoms in total. The molecule has 3 atom stereocenters. The standard InChI is InChI=1S/C23H25N3O5S/c1-24-22(29)18(11-14-7-3-2-4-8-14)25-21(28)17(20(27)23(30)26-31)12-15-13-32-19-10-6-5-9-16(15)19/h2-10,13,17-18,20,27,31H,11-12H2,1H3,(H,24,29)(H,25,28)(H,26,30). The number of hydrogen-bond acceptors (Lipinski definition) is 6. The van der Waals surface area contributed by atoms with Crippen molar-refractivity contribution in [1.29, 1.82) is 0 Å². The molecule has 3 amide bonds. The normalized spacial score (nSPS) is 13.7. The molecule has 2 aromatic carbocycles. The summed E-state index contributed by atoms with van der Waals surface area (Å²) in [4.78, 5) is 37.5. The predicted octanol–water partition coefficient (Wildman–Crippen LogP) is 1.40. The minimum atomic E-state index is -1.80. The van der Waals surface area contributed by atoms with Crippen molar-refractivity contribution in [2.45, 2.75) is 25.0 Å². The first kappa shape index (κ1) is 23.4. The number of aliphatic hydroxyl groups excluding tert-OH is 1. The maximum Gasteiger partial charge on any atom is 0.272 e. The summed E-state index contributed by atoms with van der Waals surface area (Å²) in [5.41, 5.74) is 3.03. The third-order valence-electron chi connectivity index (χ3n) is 5.26. The van der Waals surface area contributed by atoms with Gasteiger partial charge in [0.25, 0.3) is 5.91 Å². The van der Waals surface area contributed by atoms with E-state index in [4.69, 9.17) is 5.21 Å². The Balaban J connectivity index is 1.86. The van der Waals surface area contributed by atoms with Crippen molar-refractivity contribution in [2.24, 2.45) is 5.92 Å². The second-order valence-corrected chi connectivity index (χ2v) is 8.26. The number of fused-ring (bicyclic) bond motifs is 1. The van der Waals surface area contributed by atoms with Gasteiger partial charge in [-0.1, -0.05) is 48.5 Å². The Morgan fingerprint density at radius 1 is 0.938 bits per heavy atom. The highest BCUT2D eigenvalue weighted by molar-refractivity contribution is 7.17. The highest BCUT2D eigenvalue weighted by Gasteiger charge is 2.35. The highest BCUT2D eigenvalue weighted by Crippen LogP contribution is 2.28. The molecule has 5 N–H and O–H groups in total. The van der Waals surface area contributed by atoms with Crippen molar-refractivity contribution in [2.75, 3.05) is 7.05 Å². The summed E-state index contributed by atoms with van der Waals surface area (Å²) in [5, 5.41) is 27.5. The molecule has 3 unspecified atom stereocenters. The maximum absolute atomic E-state index is 13.2. The van der Waals surface area contributed by atoms with E-state index in [2.05, 4.69) is 10.6 Å². The number of nitrogens with one attached hydrogen (secondary N) is 3. The summed E-state index contributed by atoms with van der Waals surface area (Å²) in [6, 6.07) is 15.9. The average Bonchev–Trinajstić information content (AvgIpc) is 3.24. The van der Waals surface area contributed by atoms with Gasteiger partial charge < -0.3 is 15.7 Å². The quantitative estimate of drug-likeness (QED) is 0.246. The van der Waals surface area contributed by atoms with Gasteiger partial charge in [0.05, 0.1) is 5.92 Å². The smallest absolute Gasteiger partial charge is 0.272 e. The fourth-order valence-electron chi connectivity index (χ4n) is 3.54. The minimum absolute atomic E-state index is 0.0518. The van der Waals surface area contributed by atoms with Crippen LogP contribution >= 0.6 is 11.3 Å². The Morgan fingerprint density at radius 2 is 1.62 bits per heavy atom. The SMILES string of the molecule is CNC(=O)C(Cc1ccccc1)NC(=O)C(Cc1csc2ccccc12)C(O)C(=O)NO. The van der Waals surface area contributed by atoms with Crippen molar-refractivity contribution in [3.05, 3.63) is 71.1 Å². The lowest BCUT2D eigenvalue weighted by Crippen LogP contribution is -2.52. The van der Waals surface area contributed by atoms with Crippen LogP contribution in [-0.4, -0.2) is 47.2 Å². The topological polar surface area (TPSA) is 128 Å². The Hall–Kier alpha value is -3.27. The first-order chi connectivity index (χ1) is 15.4. The van der Waals surface area contributed by atoms with E-state index in [0.29, 0.717) is 0 Å². The van der Waals surface area contributed by atoms with Crippen molar-refractivity contribution < 1.29 is 24.7 Å². The van der Waals surface area contributed by atoms with Crippen LogP contribution in [-0.2, 0) is 27.2 Å². The van der Waals surface area contributed by atoms with E-state index in [0.717, 1.165) is 21.2 Å². The van der Waals surface area contributed by atoms with Gasteiger partial charge >= 0.3 is 0 Å². The van der Waals surface area contributed by atoms with Gasteiger partial charge in [-0.15, -0.1) is 11.3 Å². The molecule has 0 fully saturated rings. The van der Waals surface area contributed by atoms with Crippen LogP contribution in [0.2, 0.25) is 0 Å². The van der Waals surface area contributed by atoms with E-state index in [1.165, 1.54) is 23.9 Å². The van der Waals surface area contributed by atoms with Crippen LogP contribution in [0.25, 0.3) is 10.1 Å². The van der Waals surface area contributed by atoms with Crippen molar-refractivity contribution >= 4 is 39.1 Å². The molecule has 3 rings (SSSR count). The third-order valence-corrected chi connectivity index (χ3v) is 6.27. The van der Waals surface area contributed by atoms with Gasteiger partial charge in [-0.05, 0) is 34.4 Å². The first-order valence-electron chi connectivity index (χ1n) is 10.1. The summed E-state index contributed by atoms with van der Waals surface area (Å²) in [5.74, 6) is -3.38. The zero-order valence-electron chi connectivity index (χ0n) is 17.4. The van der Waals surface area contributed by atoms with Crippen molar-refractivity contribution in [3.63, 3.8) is 0 Å². The molecule has 0 bridgehead atoms. The van der Waals surface area contributed by atoms with Gasteiger partial charge in [-0.3, -0.25) is 19.6 Å². The molecule has 32 heavy (non-hydrogen) atoms. The lowest BCUT2D eigenvalue weighted by Gasteiger charge is -2.24. The Bertz CT molecular complexity index is 1090. The number of hydrogen-bond donors (Lipinski definition) is 5. The van der Waals surface area contributed by atoms with E-state index in [1.54, 1.807) is 0 Å². The summed E-state index contributed by atoms with van der Waals surface area (Å²) in [6.45, 7) is 0. The van der Waals surface area contributed by atoms with Crippen LogP contribution in [0.3, 0.4) is 0 Å². The molecule has 1 heterocycles. The Morgan fingerprint density at radius 3 is 2.31 bits per heavy atom. The van der Waals surface area contributed by atoms with Crippen LogP contribution < -0.4 is 16.1 Å². The molecule has 9 heteroatoms. The summed E-state index contributed by atoms with van der Waals surface area (Å²) < 4.78 is 1.01. The molecule has 3 aromatic rings. The van der Waals surface area contributed by atoms with Gasteiger partial charge in [-0.25, -0.2) is 5.48 Å². The Kier molecular flexibility index (Phi) is 7.93.